The Morgan fingerprint density at radius 2 is 2.10 bits per heavy atom. The van der Waals surface area contributed by atoms with E-state index in [1.54, 1.807) is 12.4 Å². The molecule has 1 atom stereocenters. The van der Waals surface area contributed by atoms with Crippen molar-refractivity contribution in [2.24, 2.45) is 0 Å². The fourth-order valence-electron chi connectivity index (χ4n) is 2.49. The summed E-state index contributed by atoms with van der Waals surface area (Å²) in [5.74, 6) is 1.72. The molecule has 3 heterocycles. The van der Waals surface area contributed by atoms with Gasteiger partial charge in [0.2, 0.25) is 11.7 Å². The molecule has 3 aromatic rings. The topological polar surface area (TPSA) is 79.6 Å². The van der Waals surface area contributed by atoms with Crippen molar-refractivity contribution in [2.45, 2.75) is 19.0 Å². The lowest BCUT2D eigenvalue weighted by atomic mass is 9.96. The highest BCUT2D eigenvalue weighted by atomic mass is 16.5. The molecule has 6 nitrogen and oxygen atoms in total. The van der Waals surface area contributed by atoms with E-state index < -0.39 is 0 Å². The Bertz CT molecular complexity index is 719. The van der Waals surface area contributed by atoms with Crippen molar-refractivity contribution in [1.29, 1.82) is 0 Å². The molecule has 100 valence electrons. The number of hydrogen-bond donors (Lipinski definition) is 2. The quantitative estimate of drug-likeness (QED) is 0.740. The molecule has 0 saturated heterocycles. The molecule has 1 aliphatic heterocycles. The molecule has 0 amide bonds. The van der Waals surface area contributed by atoms with Gasteiger partial charge in [-0.25, -0.2) is 4.98 Å². The van der Waals surface area contributed by atoms with Crippen LogP contribution in [0.4, 0.5) is 0 Å². The zero-order valence-electron chi connectivity index (χ0n) is 10.7. The van der Waals surface area contributed by atoms with E-state index in [0.717, 1.165) is 13.0 Å². The van der Waals surface area contributed by atoms with E-state index >= 15 is 0 Å². The van der Waals surface area contributed by atoms with Gasteiger partial charge in [-0.2, -0.15) is 4.98 Å². The van der Waals surface area contributed by atoms with Crippen molar-refractivity contribution in [3.63, 3.8) is 0 Å². The Morgan fingerprint density at radius 3 is 2.95 bits per heavy atom. The van der Waals surface area contributed by atoms with Crippen LogP contribution in [0.15, 0.2) is 41.2 Å². The Balaban J connectivity index is 1.60. The molecule has 0 fully saturated rings. The highest BCUT2D eigenvalue weighted by molar-refractivity contribution is 5.41. The maximum absolute atomic E-state index is 5.36. The van der Waals surface area contributed by atoms with Gasteiger partial charge in [0.1, 0.15) is 0 Å². The summed E-state index contributed by atoms with van der Waals surface area (Å²) in [6.07, 6.45) is 4.26. The number of H-pyrrole nitrogens is 1. The molecule has 0 bridgehead atoms. The van der Waals surface area contributed by atoms with Gasteiger partial charge in [-0.15, -0.1) is 0 Å². The molecular weight excluding hydrogens is 254 g/mol. The third-order valence-corrected chi connectivity index (χ3v) is 3.53. The molecule has 0 radical (unpaired) electrons. The summed E-state index contributed by atoms with van der Waals surface area (Å²) in [5, 5.41) is 7.39. The summed E-state index contributed by atoms with van der Waals surface area (Å²) >= 11 is 0. The van der Waals surface area contributed by atoms with Crippen LogP contribution in [0.25, 0.3) is 11.6 Å². The maximum Gasteiger partial charge on any atom is 0.244 e. The lowest BCUT2D eigenvalue weighted by Crippen LogP contribution is -2.28. The van der Waals surface area contributed by atoms with E-state index in [4.69, 9.17) is 4.52 Å². The average molecular weight is 267 g/mol. The first-order chi connectivity index (χ1) is 9.90. The Morgan fingerprint density at radius 1 is 1.20 bits per heavy atom. The van der Waals surface area contributed by atoms with Gasteiger partial charge in [-0.1, -0.05) is 29.4 Å². The summed E-state index contributed by atoms with van der Waals surface area (Å²) in [6.45, 7) is 0.819. The van der Waals surface area contributed by atoms with Crippen molar-refractivity contribution in [3.8, 4) is 11.6 Å². The zero-order valence-corrected chi connectivity index (χ0v) is 10.7. The minimum Gasteiger partial charge on any atom is -0.342 e. The first-order valence-electron chi connectivity index (χ1n) is 6.53. The monoisotopic (exact) mass is 267 g/mol. The first kappa shape index (κ1) is 11.4. The zero-order chi connectivity index (χ0) is 13.4. The van der Waals surface area contributed by atoms with Crippen LogP contribution in [0.1, 0.15) is 23.1 Å². The lowest BCUT2D eigenvalue weighted by molar-refractivity contribution is 0.321. The highest BCUT2D eigenvalue weighted by Crippen LogP contribution is 2.25. The molecule has 4 rings (SSSR count). The number of aromatic amines is 1. The molecule has 6 heteroatoms. The average Bonchev–Trinajstić information content (AvgIpc) is 3.17. The predicted molar refractivity (Wildman–Crippen MR) is 71.6 cm³/mol. The molecule has 0 saturated carbocycles. The SMILES string of the molecule is c1ccc2c(c1)CNC(c1nc(-c3ncc[nH]3)no1)C2. The van der Waals surface area contributed by atoms with Crippen LogP contribution < -0.4 is 5.32 Å². The van der Waals surface area contributed by atoms with Crippen LogP contribution in [0.3, 0.4) is 0 Å². The van der Waals surface area contributed by atoms with Crippen LogP contribution in [-0.2, 0) is 13.0 Å². The highest BCUT2D eigenvalue weighted by Gasteiger charge is 2.24. The van der Waals surface area contributed by atoms with E-state index in [-0.39, 0.29) is 6.04 Å². The van der Waals surface area contributed by atoms with Crippen LogP contribution in [0.5, 0.6) is 0 Å². The van der Waals surface area contributed by atoms with Crippen molar-refractivity contribution < 1.29 is 4.52 Å². The summed E-state index contributed by atoms with van der Waals surface area (Å²) in [4.78, 5) is 11.5. The number of benzene rings is 1. The van der Waals surface area contributed by atoms with Gasteiger partial charge >= 0.3 is 0 Å². The van der Waals surface area contributed by atoms with Gasteiger partial charge in [0.15, 0.2) is 5.82 Å². The van der Waals surface area contributed by atoms with E-state index in [1.807, 2.05) is 0 Å². The number of rotatable bonds is 2. The van der Waals surface area contributed by atoms with Gasteiger partial charge in [0, 0.05) is 18.9 Å². The molecule has 0 aliphatic carbocycles. The number of imidazole rings is 1. The lowest BCUT2D eigenvalue weighted by Gasteiger charge is -2.23. The summed E-state index contributed by atoms with van der Waals surface area (Å²) in [5.41, 5.74) is 2.66. The van der Waals surface area contributed by atoms with Gasteiger partial charge in [-0.05, 0) is 17.5 Å². The summed E-state index contributed by atoms with van der Waals surface area (Å²) in [6, 6.07) is 8.46. The fraction of sp³-hybridized carbons (Fsp3) is 0.214. The molecule has 2 N–H and O–H groups in total. The molecule has 20 heavy (non-hydrogen) atoms. The van der Waals surface area contributed by atoms with Gasteiger partial charge < -0.3 is 14.8 Å². The van der Waals surface area contributed by atoms with Crippen LogP contribution in [0, 0.1) is 0 Å². The van der Waals surface area contributed by atoms with E-state index in [1.165, 1.54) is 11.1 Å². The first-order valence-corrected chi connectivity index (χ1v) is 6.53. The third kappa shape index (κ3) is 1.90. The number of nitrogens with one attached hydrogen (secondary N) is 2. The largest absolute Gasteiger partial charge is 0.342 e. The van der Waals surface area contributed by atoms with Gasteiger partial charge in [0.05, 0.1) is 6.04 Å². The van der Waals surface area contributed by atoms with E-state index in [2.05, 4.69) is 49.7 Å². The fourth-order valence-corrected chi connectivity index (χ4v) is 2.49. The molecule has 1 aromatic carbocycles. The minimum absolute atomic E-state index is 0.0566. The number of nitrogens with zero attached hydrogens (tertiary/aromatic N) is 3. The Labute approximate surface area is 115 Å². The van der Waals surface area contributed by atoms with Crippen molar-refractivity contribution in [2.75, 3.05) is 0 Å². The summed E-state index contributed by atoms with van der Waals surface area (Å²) < 4.78 is 5.36. The maximum atomic E-state index is 5.36. The van der Waals surface area contributed by atoms with Crippen LogP contribution >= 0.6 is 0 Å². The molecule has 0 spiro atoms. The predicted octanol–water partition coefficient (Wildman–Crippen LogP) is 1.85. The normalized spacial score (nSPS) is 17.9. The Hall–Kier alpha value is -2.47. The second-order valence-electron chi connectivity index (χ2n) is 4.80. The molecule has 1 aliphatic rings. The second-order valence-corrected chi connectivity index (χ2v) is 4.80. The summed E-state index contributed by atoms with van der Waals surface area (Å²) in [7, 11) is 0. The van der Waals surface area contributed by atoms with Gasteiger partial charge in [-0.3, -0.25) is 0 Å². The molecule has 2 aromatic heterocycles. The Kier molecular flexibility index (Phi) is 2.60. The molecule has 1 unspecified atom stereocenters. The smallest absolute Gasteiger partial charge is 0.244 e. The van der Waals surface area contributed by atoms with Crippen molar-refractivity contribution in [3.05, 3.63) is 53.7 Å². The number of aromatic nitrogens is 4. The van der Waals surface area contributed by atoms with Crippen LogP contribution in [-0.4, -0.2) is 20.1 Å². The standard InChI is InChI=1S/C14H13N5O/c1-2-4-10-8-17-11(7-9(10)3-1)14-18-13(19-20-14)12-15-5-6-16-12/h1-6,11,17H,7-8H2,(H,15,16). The second kappa shape index (κ2) is 4.57. The minimum atomic E-state index is 0.0566. The number of fused-ring (bicyclic) bond motifs is 1. The molecular formula is C14H13N5O. The third-order valence-electron chi connectivity index (χ3n) is 3.53. The van der Waals surface area contributed by atoms with Crippen LogP contribution in [0.2, 0.25) is 0 Å². The van der Waals surface area contributed by atoms with Gasteiger partial charge in [0.25, 0.3) is 0 Å². The number of hydrogen-bond acceptors (Lipinski definition) is 5. The van der Waals surface area contributed by atoms with E-state index in [0.29, 0.717) is 17.5 Å². The van der Waals surface area contributed by atoms with E-state index in [9.17, 15) is 0 Å². The van der Waals surface area contributed by atoms with Crippen molar-refractivity contribution in [1.82, 2.24) is 25.4 Å². The van der Waals surface area contributed by atoms with Crippen molar-refractivity contribution >= 4 is 0 Å².